The maximum absolute atomic E-state index is 12.7. The number of carboxylic acid groups (broad SMARTS) is 1. The highest BCUT2D eigenvalue weighted by Crippen LogP contribution is 2.30. The van der Waals surface area contributed by atoms with Crippen molar-refractivity contribution in [1.29, 1.82) is 0 Å². The zero-order valence-electron chi connectivity index (χ0n) is 17.9. The molecule has 13 heteroatoms. The third kappa shape index (κ3) is 7.89. The molecule has 184 valence electrons. The molecule has 2 aromatic rings. The van der Waals surface area contributed by atoms with Crippen molar-refractivity contribution in [2.24, 2.45) is 5.92 Å². The number of carbonyl (C=O) groups is 3. The number of para-hydroxylation sites is 1. The van der Waals surface area contributed by atoms with Crippen molar-refractivity contribution in [3.05, 3.63) is 47.1 Å². The van der Waals surface area contributed by atoms with Crippen LogP contribution in [-0.2, 0) is 9.59 Å². The maximum Gasteiger partial charge on any atom is 0.490 e. The quantitative estimate of drug-likeness (QED) is 0.492. The van der Waals surface area contributed by atoms with Crippen molar-refractivity contribution in [1.82, 2.24) is 10.3 Å². The zero-order valence-corrected chi connectivity index (χ0v) is 18.7. The Bertz CT molecular complexity index is 1010. The molecule has 1 aliphatic rings. The molecule has 0 spiro atoms. The van der Waals surface area contributed by atoms with Crippen molar-refractivity contribution in [3.63, 3.8) is 0 Å². The van der Waals surface area contributed by atoms with Gasteiger partial charge < -0.3 is 25.8 Å². The average molecular weight is 503 g/mol. The van der Waals surface area contributed by atoms with Crippen molar-refractivity contribution >= 4 is 40.9 Å². The van der Waals surface area contributed by atoms with E-state index in [2.05, 4.69) is 20.9 Å². The third-order valence-corrected chi connectivity index (χ3v) is 4.88. The van der Waals surface area contributed by atoms with Crippen molar-refractivity contribution in [3.8, 4) is 5.75 Å². The van der Waals surface area contributed by atoms with Crippen molar-refractivity contribution in [2.45, 2.75) is 19.0 Å². The molecule has 1 saturated heterocycles. The predicted octanol–water partition coefficient (Wildman–Crippen LogP) is 3.57. The number of carboxylic acids is 1. The lowest BCUT2D eigenvalue weighted by Gasteiger charge is -2.23. The van der Waals surface area contributed by atoms with E-state index in [1.54, 1.807) is 30.3 Å². The Labute approximate surface area is 197 Å². The number of ether oxygens (including phenoxy) is 1. The number of piperidine rings is 1. The number of rotatable bonds is 5. The fourth-order valence-electron chi connectivity index (χ4n) is 2.96. The summed E-state index contributed by atoms with van der Waals surface area (Å²) >= 11 is 5.82. The number of alkyl halides is 3. The van der Waals surface area contributed by atoms with E-state index < -0.39 is 18.1 Å². The Hall–Kier alpha value is -3.38. The number of amides is 2. The van der Waals surface area contributed by atoms with Crippen LogP contribution >= 0.6 is 11.6 Å². The average Bonchev–Trinajstić information content (AvgIpc) is 2.81. The minimum Gasteiger partial charge on any atom is -0.495 e. The Morgan fingerprint density at radius 3 is 2.32 bits per heavy atom. The van der Waals surface area contributed by atoms with E-state index >= 15 is 0 Å². The molecule has 0 bridgehead atoms. The molecule has 0 saturated carbocycles. The van der Waals surface area contributed by atoms with Crippen LogP contribution in [0.4, 0.5) is 24.7 Å². The molecule has 4 N–H and O–H groups in total. The molecule has 0 unspecified atom stereocenters. The van der Waals surface area contributed by atoms with Crippen molar-refractivity contribution < 1.29 is 37.4 Å². The summed E-state index contributed by atoms with van der Waals surface area (Å²) in [4.78, 5) is 38.4. The number of carbonyl (C=O) groups excluding carboxylic acids is 2. The van der Waals surface area contributed by atoms with Gasteiger partial charge in [-0.2, -0.15) is 13.2 Å². The van der Waals surface area contributed by atoms with Crippen LogP contribution in [0.2, 0.25) is 5.02 Å². The van der Waals surface area contributed by atoms with E-state index in [-0.39, 0.29) is 11.8 Å². The zero-order chi connectivity index (χ0) is 25.3. The van der Waals surface area contributed by atoms with Crippen LogP contribution in [0.15, 0.2) is 36.5 Å². The lowest BCUT2D eigenvalue weighted by molar-refractivity contribution is -0.192. The highest BCUT2D eigenvalue weighted by molar-refractivity contribution is 6.30. The molecule has 2 heterocycles. The third-order valence-electron chi connectivity index (χ3n) is 4.66. The minimum atomic E-state index is -5.08. The monoisotopic (exact) mass is 502 g/mol. The lowest BCUT2D eigenvalue weighted by atomic mass is 9.97. The van der Waals surface area contributed by atoms with Crippen LogP contribution in [0.3, 0.4) is 0 Å². The maximum atomic E-state index is 12.7. The second kappa shape index (κ2) is 12.2. The molecule has 1 fully saturated rings. The van der Waals surface area contributed by atoms with E-state index in [4.69, 9.17) is 26.2 Å². The molecule has 34 heavy (non-hydrogen) atoms. The van der Waals surface area contributed by atoms with Crippen LogP contribution in [0.1, 0.15) is 23.2 Å². The van der Waals surface area contributed by atoms with E-state index in [9.17, 15) is 22.8 Å². The lowest BCUT2D eigenvalue weighted by Crippen LogP contribution is -2.35. The summed E-state index contributed by atoms with van der Waals surface area (Å²) in [5.41, 5.74) is 0.656. The molecule has 0 radical (unpaired) electrons. The van der Waals surface area contributed by atoms with Gasteiger partial charge in [-0.15, -0.1) is 0 Å². The molecule has 0 aliphatic carbocycles. The number of hydrogen-bond donors (Lipinski definition) is 4. The fraction of sp³-hybridized carbons (Fsp3) is 0.333. The highest BCUT2D eigenvalue weighted by atomic mass is 35.5. The van der Waals surface area contributed by atoms with Crippen molar-refractivity contribution in [2.75, 3.05) is 30.8 Å². The molecule has 3 rings (SSSR count). The number of aliphatic carboxylic acids is 1. The molecule has 9 nitrogen and oxygen atoms in total. The first-order valence-corrected chi connectivity index (χ1v) is 10.3. The largest absolute Gasteiger partial charge is 0.495 e. The first-order valence-electron chi connectivity index (χ1n) is 9.94. The summed E-state index contributed by atoms with van der Waals surface area (Å²) in [6.45, 7) is 1.61. The fourth-order valence-corrected chi connectivity index (χ4v) is 3.07. The smallest absolute Gasteiger partial charge is 0.490 e. The Balaban J connectivity index is 0.000000509. The van der Waals surface area contributed by atoms with Gasteiger partial charge in [0.1, 0.15) is 11.6 Å². The van der Waals surface area contributed by atoms with E-state index in [0.29, 0.717) is 27.8 Å². The van der Waals surface area contributed by atoms with E-state index in [0.717, 1.165) is 25.9 Å². The second-order valence-electron chi connectivity index (χ2n) is 7.02. The topological polar surface area (TPSA) is 130 Å². The summed E-state index contributed by atoms with van der Waals surface area (Å²) in [6, 6.07) is 8.27. The van der Waals surface area contributed by atoms with Crippen LogP contribution in [0.25, 0.3) is 0 Å². The first kappa shape index (κ1) is 26.9. The molecule has 1 aromatic carbocycles. The van der Waals surface area contributed by atoms with Gasteiger partial charge in [-0.25, -0.2) is 9.78 Å². The summed E-state index contributed by atoms with van der Waals surface area (Å²) in [7, 11) is 1.50. The predicted molar refractivity (Wildman–Crippen MR) is 118 cm³/mol. The summed E-state index contributed by atoms with van der Waals surface area (Å²) in [6.07, 6.45) is -2.11. The van der Waals surface area contributed by atoms with Crippen LogP contribution in [0, 0.1) is 5.92 Å². The van der Waals surface area contributed by atoms with Gasteiger partial charge in [0.05, 0.1) is 23.4 Å². The minimum absolute atomic E-state index is 0.0926. The van der Waals surface area contributed by atoms with Gasteiger partial charge in [0, 0.05) is 12.1 Å². The number of hydrogen-bond acceptors (Lipinski definition) is 6. The number of nitrogens with zero attached hydrogens (tertiary/aromatic N) is 1. The van der Waals surface area contributed by atoms with Gasteiger partial charge in [0.25, 0.3) is 5.91 Å². The summed E-state index contributed by atoms with van der Waals surface area (Å²) in [5, 5.41) is 16.4. The van der Waals surface area contributed by atoms with Crippen LogP contribution in [0.5, 0.6) is 5.75 Å². The normalized spacial score (nSPS) is 13.8. The number of aromatic nitrogens is 1. The number of halogens is 4. The van der Waals surface area contributed by atoms with Gasteiger partial charge >= 0.3 is 12.1 Å². The SMILES string of the molecule is COc1cccc(C(=O)Nc2ccc(Cl)cn2)c1NC(=O)C1CCNCC1.O=C(O)C(F)(F)F. The molecule has 2 amide bonds. The van der Waals surface area contributed by atoms with Gasteiger partial charge in [0.15, 0.2) is 0 Å². The first-order chi connectivity index (χ1) is 16.0. The summed E-state index contributed by atoms with van der Waals surface area (Å²) in [5.74, 6) is -2.57. The highest BCUT2D eigenvalue weighted by Gasteiger charge is 2.38. The molecular formula is C21H22ClF3N4O5. The van der Waals surface area contributed by atoms with Crippen LogP contribution < -0.4 is 20.7 Å². The van der Waals surface area contributed by atoms with Gasteiger partial charge in [-0.1, -0.05) is 17.7 Å². The number of pyridine rings is 1. The molecule has 1 aromatic heterocycles. The Morgan fingerprint density at radius 2 is 1.79 bits per heavy atom. The molecular weight excluding hydrogens is 481 g/mol. The summed E-state index contributed by atoms with van der Waals surface area (Å²) < 4.78 is 37.1. The number of methoxy groups -OCH3 is 1. The second-order valence-corrected chi connectivity index (χ2v) is 7.45. The molecule has 1 aliphatic heterocycles. The van der Waals surface area contributed by atoms with E-state index in [1.807, 2.05) is 0 Å². The van der Waals surface area contributed by atoms with Gasteiger partial charge in [-0.05, 0) is 50.2 Å². The molecule has 0 atom stereocenters. The number of benzene rings is 1. The van der Waals surface area contributed by atoms with Gasteiger partial charge in [-0.3, -0.25) is 9.59 Å². The Kier molecular flexibility index (Phi) is 9.63. The van der Waals surface area contributed by atoms with E-state index in [1.165, 1.54) is 13.3 Å². The Morgan fingerprint density at radius 1 is 1.15 bits per heavy atom. The number of anilines is 2. The standard InChI is InChI=1S/C19H21ClN4O3.C2HF3O2/c1-27-15-4-2-3-14(19(26)23-16-6-5-13(20)11-22-16)17(15)24-18(25)12-7-9-21-10-8-12;3-2(4,5)1(6)7/h2-6,11-12,21H,7-10H2,1H3,(H,24,25)(H,22,23,26);(H,6,7). The van der Waals surface area contributed by atoms with Crippen LogP contribution in [-0.4, -0.2) is 54.2 Å². The number of nitrogens with one attached hydrogen (secondary N) is 3. The van der Waals surface area contributed by atoms with Gasteiger partial charge in [0.2, 0.25) is 5.91 Å².